The zero-order valence-electron chi connectivity index (χ0n) is 9.60. The van der Waals surface area contributed by atoms with Gasteiger partial charge in [-0.15, -0.1) is 0 Å². The fourth-order valence-electron chi connectivity index (χ4n) is 1.56. The highest BCUT2D eigenvalue weighted by atomic mass is 79.9. The number of hydrogen-bond acceptors (Lipinski definition) is 2. The van der Waals surface area contributed by atoms with E-state index in [2.05, 4.69) is 21.2 Å². The molecule has 2 rings (SSSR count). The van der Waals surface area contributed by atoms with Crippen LogP contribution in [-0.2, 0) is 0 Å². The molecule has 0 aliphatic heterocycles. The fourth-order valence-corrected chi connectivity index (χ4v) is 2.10. The Kier molecular flexibility index (Phi) is 3.78. The average molecular weight is 330 g/mol. The van der Waals surface area contributed by atoms with E-state index in [1.54, 1.807) is 0 Å². The lowest BCUT2D eigenvalue weighted by Gasteiger charge is -2.13. The van der Waals surface area contributed by atoms with Crippen LogP contribution in [-0.4, -0.2) is 0 Å². The fraction of sp³-hybridized carbons (Fsp3) is 0.0769. The third-order valence-electron chi connectivity index (χ3n) is 2.63. The maximum absolute atomic E-state index is 13.4. The van der Waals surface area contributed by atoms with Crippen LogP contribution in [0.15, 0.2) is 34.8 Å². The summed E-state index contributed by atoms with van der Waals surface area (Å²) in [6, 6.07) is 8.41. The van der Waals surface area contributed by atoms with Gasteiger partial charge in [-0.2, -0.15) is 0 Å². The second kappa shape index (κ2) is 5.16. The van der Waals surface area contributed by atoms with E-state index in [1.807, 2.05) is 25.1 Å². The molecule has 0 bridgehead atoms. The van der Waals surface area contributed by atoms with E-state index in [0.717, 1.165) is 15.7 Å². The molecule has 0 aliphatic rings. The number of halogens is 3. The predicted octanol–water partition coefficient (Wildman–Crippen LogP) is 4.88. The molecule has 5 heteroatoms. The lowest BCUT2D eigenvalue weighted by atomic mass is 10.2. The summed E-state index contributed by atoms with van der Waals surface area (Å²) in [5, 5.41) is 3.11. The lowest BCUT2D eigenvalue weighted by molar-refractivity contribution is 0.629. The zero-order chi connectivity index (χ0) is 13.3. The predicted molar refractivity (Wildman–Crippen MR) is 78.0 cm³/mol. The zero-order valence-corrected chi connectivity index (χ0v) is 11.9. The summed E-state index contributed by atoms with van der Waals surface area (Å²) >= 11 is 9.09. The third-order valence-corrected chi connectivity index (χ3v) is 3.78. The van der Waals surface area contributed by atoms with Crippen LogP contribution in [0.1, 0.15) is 5.56 Å². The third kappa shape index (κ3) is 2.60. The molecule has 18 heavy (non-hydrogen) atoms. The molecule has 0 fully saturated rings. The van der Waals surface area contributed by atoms with Gasteiger partial charge in [0, 0.05) is 16.2 Å². The summed E-state index contributed by atoms with van der Waals surface area (Å²) in [5.41, 5.74) is 8.58. The van der Waals surface area contributed by atoms with E-state index >= 15 is 0 Å². The van der Waals surface area contributed by atoms with Crippen LogP contribution in [0.25, 0.3) is 0 Å². The topological polar surface area (TPSA) is 38.0 Å². The first-order valence-corrected chi connectivity index (χ1v) is 6.43. The molecule has 0 aromatic heterocycles. The van der Waals surface area contributed by atoms with Gasteiger partial charge in [-0.05, 0) is 30.7 Å². The quantitative estimate of drug-likeness (QED) is 0.771. The van der Waals surface area contributed by atoms with Crippen molar-refractivity contribution in [2.75, 3.05) is 11.1 Å². The molecule has 2 aromatic carbocycles. The number of nitrogens with two attached hydrogens (primary N) is 1. The molecular formula is C13H11BrClFN2. The van der Waals surface area contributed by atoms with Gasteiger partial charge >= 0.3 is 0 Å². The van der Waals surface area contributed by atoms with Gasteiger partial charge in [0.2, 0.25) is 0 Å². The van der Waals surface area contributed by atoms with Crippen LogP contribution in [0.2, 0.25) is 5.02 Å². The second-order valence-electron chi connectivity index (χ2n) is 3.89. The minimum Gasteiger partial charge on any atom is -0.397 e. The normalized spacial score (nSPS) is 10.4. The van der Waals surface area contributed by atoms with E-state index in [4.69, 9.17) is 17.3 Å². The highest BCUT2D eigenvalue weighted by molar-refractivity contribution is 9.10. The van der Waals surface area contributed by atoms with Crippen LogP contribution in [0.5, 0.6) is 0 Å². The molecule has 0 heterocycles. The van der Waals surface area contributed by atoms with Gasteiger partial charge in [-0.1, -0.05) is 33.6 Å². The molecule has 2 aromatic rings. The molecule has 0 unspecified atom stereocenters. The Morgan fingerprint density at radius 2 is 2.00 bits per heavy atom. The van der Waals surface area contributed by atoms with Gasteiger partial charge < -0.3 is 11.1 Å². The summed E-state index contributed by atoms with van der Waals surface area (Å²) in [6.45, 7) is 1.95. The first-order valence-electron chi connectivity index (χ1n) is 5.25. The molecule has 0 amide bonds. The van der Waals surface area contributed by atoms with Crippen LogP contribution in [0.4, 0.5) is 21.5 Å². The molecule has 0 saturated carbocycles. The summed E-state index contributed by atoms with van der Waals surface area (Å²) < 4.78 is 14.4. The van der Waals surface area contributed by atoms with Crippen molar-refractivity contribution in [3.05, 3.63) is 51.2 Å². The summed E-state index contributed by atoms with van der Waals surface area (Å²) in [7, 11) is 0. The van der Waals surface area contributed by atoms with Crippen molar-refractivity contribution >= 4 is 44.6 Å². The van der Waals surface area contributed by atoms with Crippen molar-refractivity contribution in [3.63, 3.8) is 0 Å². The van der Waals surface area contributed by atoms with Crippen molar-refractivity contribution in [1.29, 1.82) is 0 Å². The Balaban J connectivity index is 2.40. The van der Waals surface area contributed by atoms with Gasteiger partial charge in [0.25, 0.3) is 0 Å². The molecule has 0 radical (unpaired) electrons. The Morgan fingerprint density at radius 3 is 2.72 bits per heavy atom. The highest BCUT2D eigenvalue weighted by Gasteiger charge is 2.08. The van der Waals surface area contributed by atoms with Gasteiger partial charge in [-0.3, -0.25) is 0 Å². The molecule has 0 aliphatic carbocycles. The smallest absolute Gasteiger partial charge is 0.144 e. The number of anilines is 3. The lowest BCUT2D eigenvalue weighted by Crippen LogP contribution is -1.99. The first kappa shape index (κ1) is 13.2. The maximum atomic E-state index is 13.4. The maximum Gasteiger partial charge on any atom is 0.144 e. The molecule has 0 atom stereocenters. The van der Waals surface area contributed by atoms with Gasteiger partial charge in [0.15, 0.2) is 0 Å². The average Bonchev–Trinajstić information content (AvgIpc) is 2.32. The highest BCUT2D eigenvalue weighted by Crippen LogP contribution is 2.31. The minimum absolute atomic E-state index is 0.0176. The number of nitrogen functional groups attached to an aromatic ring is 1. The van der Waals surface area contributed by atoms with E-state index in [1.165, 1.54) is 12.1 Å². The Hall–Kier alpha value is -1.26. The summed E-state index contributed by atoms with van der Waals surface area (Å²) in [4.78, 5) is 0. The molecule has 94 valence electrons. The van der Waals surface area contributed by atoms with E-state index in [-0.39, 0.29) is 5.02 Å². The number of hydrogen-bond donors (Lipinski definition) is 2. The molecule has 0 spiro atoms. The first-order chi connectivity index (χ1) is 8.49. The van der Waals surface area contributed by atoms with Gasteiger partial charge in [0.1, 0.15) is 5.82 Å². The molecular weight excluding hydrogens is 319 g/mol. The minimum atomic E-state index is -0.499. The summed E-state index contributed by atoms with van der Waals surface area (Å²) in [6.07, 6.45) is 0. The Bertz CT molecular complexity index is 602. The van der Waals surface area contributed by atoms with Crippen molar-refractivity contribution in [2.45, 2.75) is 6.92 Å². The van der Waals surface area contributed by atoms with E-state index < -0.39 is 5.82 Å². The van der Waals surface area contributed by atoms with Crippen LogP contribution in [0, 0.1) is 12.7 Å². The van der Waals surface area contributed by atoms with Crippen molar-refractivity contribution in [2.24, 2.45) is 0 Å². The molecule has 2 nitrogen and oxygen atoms in total. The van der Waals surface area contributed by atoms with Crippen molar-refractivity contribution in [1.82, 2.24) is 0 Å². The number of nitrogens with one attached hydrogen (secondary N) is 1. The van der Waals surface area contributed by atoms with Crippen molar-refractivity contribution in [3.8, 4) is 0 Å². The Labute approximate surface area is 118 Å². The molecule has 3 N–H and O–H groups in total. The number of benzene rings is 2. The van der Waals surface area contributed by atoms with E-state index in [9.17, 15) is 4.39 Å². The van der Waals surface area contributed by atoms with Crippen LogP contribution in [0.3, 0.4) is 0 Å². The monoisotopic (exact) mass is 328 g/mol. The summed E-state index contributed by atoms with van der Waals surface area (Å²) in [5.74, 6) is -0.499. The SMILES string of the molecule is Cc1c(Br)cccc1Nc1cc(F)c(Cl)cc1N. The van der Waals surface area contributed by atoms with Crippen LogP contribution >= 0.6 is 27.5 Å². The van der Waals surface area contributed by atoms with Gasteiger partial charge in [-0.25, -0.2) is 4.39 Å². The Morgan fingerprint density at radius 1 is 1.28 bits per heavy atom. The van der Waals surface area contributed by atoms with Crippen LogP contribution < -0.4 is 11.1 Å². The van der Waals surface area contributed by atoms with Gasteiger partial charge in [0.05, 0.1) is 16.4 Å². The molecule has 0 saturated heterocycles. The van der Waals surface area contributed by atoms with E-state index in [0.29, 0.717) is 11.4 Å². The second-order valence-corrected chi connectivity index (χ2v) is 5.15. The largest absolute Gasteiger partial charge is 0.397 e. The number of rotatable bonds is 2. The standard InChI is InChI=1S/C13H11BrClFN2/c1-7-8(14)3-2-4-12(7)18-13-6-10(16)9(15)5-11(13)17/h2-6,18H,17H2,1H3. The van der Waals surface area contributed by atoms with Crippen molar-refractivity contribution < 1.29 is 4.39 Å².